The average Bonchev–Trinajstić information content (AvgIpc) is 2.83. The molecule has 2 aromatic carbocycles. The first-order valence-corrected chi connectivity index (χ1v) is 11.2. The van der Waals surface area contributed by atoms with Crippen molar-refractivity contribution < 1.29 is 9.59 Å². The zero-order valence-electron chi connectivity index (χ0n) is 19.3. The molecule has 33 heavy (non-hydrogen) atoms. The third-order valence-electron chi connectivity index (χ3n) is 5.12. The van der Waals surface area contributed by atoms with Gasteiger partial charge in [0.25, 0.3) is 5.91 Å². The van der Waals surface area contributed by atoms with Crippen molar-refractivity contribution in [2.75, 3.05) is 11.9 Å². The summed E-state index contributed by atoms with van der Waals surface area (Å²) in [4.78, 5) is 30.0. The molecule has 1 aromatic heterocycles. The first-order chi connectivity index (χ1) is 15.9. The smallest absolute Gasteiger partial charge is 0.270 e. The Morgan fingerprint density at radius 2 is 1.70 bits per heavy atom. The van der Waals surface area contributed by atoms with Gasteiger partial charge in [-0.3, -0.25) is 14.6 Å². The molecule has 1 radical (unpaired) electrons. The second-order valence-corrected chi connectivity index (χ2v) is 8.41. The Balaban J connectivity index is 1.71. The zero-order chi connectivity index (χ0) is 23.6. The summed E-state index contributed by atoms with van der Waals surface area (Å²) in [7, 11) is 0. The SMILES string of the molecule is Cc1ccc(NC[C@H](NC(=O)c2cc(-c3ccccc3)ccn2)C(=O)N[CH]CC(C)C)cc1. The highest BCUT2D eigenvalue weighted by Crippen LogP contribution is 2.19. The van der Waals surface area contributed by atoms with Crippen molar-refractivity contribution in [2.45, 2.75) is 33.2 Å². The fraction of sp³-hybridized carbons (Fsp3) is 0.259. The molecular weight excluding hydrogens is 412 g/mol. The van der Waals surface area contributed by atoms with Gasteiger partial charge in [0, 0.05) is 25.0 Å². The lowest BCUT2D eigenvalue weighted by molar-refractivity contribution is -0.122. The number of benzene rings is 2. The van der Waals surface area contributed by atoms with Gasteiger partial charge in [0.15, 0.2) is 0 Å². The van der Waals surface area contributed by atoms with Crippen LogP contribution in [0.5, 0.6) is 0 Å². The van der Waals surface area contributed by atoms with E-state index in [0.717, 1.165) is 28.8 Å². The Kier molecular flexibility index (Phi) is 8.58. The van der Waals surface area contributed by atoms with Crippen LogP contribution in [0.25, 0.3) is 11.1 Å². The van der Waals surface area contributed by atoms with Gasteiger partial charge in [-0.25, -0.2) is 0 Å². The Hall–Kier alpha value is -3.67. The minimum atomic E-state index is -0.774. The Labute approximate surface area is 195 Å². The maximum absolute atomic E-state index is 13.0. The topological polar surface area (TPSA) is 83.1 Å². The van der Waals surface area contributed by atoms with E-state index in [-0.39, 0.29) is 18.1 Å². The van der Waals surface area contributed by atoms with Crippen LogP contribution in [-0.2, 0) is 4.79 Å². The van der Waals surface area contributed by atoms with Gasteiger partial charge in [-0.15, -0.1) is 0 Å². The molecule has 6 nitrogen and oxygen atoms in total. The van der Waals surface area contributed by atoms with E-state index in [0.29, 0.717) is 5.92 Å². The molecule has 0 saturated heterocycles. The molecule has 0 aliphatic carbocycles. The number of rotatable bonds is 10. The molecule has 0 unspecified atom stereocenters. The standard InChI is InChI=1S/C27H31N4O2/c1-19(2)13-15-29-26(32)25(18-30-23-11-9-20(3)10-12-23)31-27(33)24-17-22(14-16-28-24)21-7-5-4-6-8-21/h4-12,14-17,19,25,30H,13,18H2,1-3H3,(H,29,32)(H,31,33)/t25-/m0/s1. The predicted octanol–water partition coefficient (Wildman–Crippen LogP) is 4.59. The molecule has 0 saturated carbocycles. The van der Waals surface area contributed by atoms with E-state index >= 15 is 0 Å². The van der Waals surface area contributed by atoms with Crippen molar-refractivity contribution >= 4 is 17.5 Å². The normalized spacial score (nSPS) is 11.6. The van der Waals surface area contributed by atoms with Gasteiger partial charge >= 0.3 is 0 Å². The van der Waals surface area contributed by atoms with E-state index in [9.17, 15) is 9.59 Å². The number of amides is 2. The second kappa shape index (κ2) is 11.8. The highest BCUT2D eigenvalue weighted by molar-refractivity contribution is 5.97. The third-order valence-corrected chi connectivity index (χ3v) is 5.12. The van der Waals surface area contributed by atoms with Crippen molar-refractivity contribution in [3.8, 4) is 11.1 Å². The fourth-order valence-corrected chi connectivity index (χ4v) is 3.19. The molecule has 0 bridgehead atoms. The minimum Gasteiger partial charge on any atom is -0.382 e. The molecule has 171 valence electrons. The minimum absolute atomic E-state index is 0.245. The Bertz CT molecular complexity index is 1050. The number of hydrogen-bond acceptors (Lipinski definition) is 4. The second-order valence-electron chi connectivity index (χ2n) is 8.41. The fourth-order valence-electron chi connectivity index (χ4n) is 3.19. The summed E-state index contributed by atoms with van der Waals surface area (Å²) in [5.74, 6) is -0.251. The molecule has 3 aromatic rings. The first-order valence-electron chi connectivity index (χ1n) is 11.2. The summed E-state index contributed by atoms with van der Waals surface area (Å²) in [5, 5.41) is 8.89. The van der Waals surface area contributed by atoms with Crippen LogP contribution in [0.4, 0.5) is 5.69 Å². The number of pyridine rings is 1. The van der Waals surface area contributed by atoms with Crippen molar-refractivity contribution in [2.24, 2.45) is 5.92 Å². The summed E-state index contributed by atoms with van der Waals surface area (Å²) in [6, 6.07) is 20.5. The molecule has 3 rings (SSSR count). The van der Waals surface area contributed by atoms with E-state index in [1.165, 1.54) is 0 Å². The molecule has 6 heteroatoms. The number of aromatic nitrogens is 1. The lowest BCUT2D eigenvalue weighted by Crippen LogP contribution is -2.50. The molecular formula is C27H31N4O2. The van der Waals surface area contributed by atoms with Crippen LogP contribution in [0.3, 0.4) is 0 Å². The van der Waals surface area contributed by atoms with Crippen molar-refractivity contribution in [3.63, 3.8) is 0 Å². The van der Waals surface area contributed by atoms with E-state index < -0.39 is 11.9 Å². The van der Waals surface area contributed by atoms with Crippen molar-refractivity contribution in [1.29, 1.82) is 0 Å². The molecule has 0 aliphatic rings. The average molecular weight is 444 g/mol. The van der Waals surface area contributed by atoms with Crippen LogP contribution in [0.15, 0.2) is 72.9 Å². The summed E-state index contributed by atoms with van der Waals surface area (Å²) < 4.78 is 0. The van der Waals surface area contributed by atoms with Crippen LogP contribution < -0.4 is 16.0 Å². The van der Waals surface area contributed by atoms with E-state index in [1.54, 1.807) is 18.8 Å². The number of hydrogen-bond donors (Lipinski definition) is 3. The maximum atomic E-state index is 13.0. The monoisotopic (exact) mass is 443 g/mol. The number of carbonyl (C=O) groups is 2. The van der Waals surface area contributed by atoms with Gasteiger partial charge in [0.1, 0.15) is 11.7 Å². The van der Waals surface area contributed by atoms with Crippen molar-refractivity contribution in [1.82, 2.24) is 15.6 Å². The van der Waals surface area contributed by atoms with Gasteiger partial charge in [-0.1, -0.05) is 61.9 Å². The lowest BCUT2D eigenvalue weighted by atomic mass is 10.1. The number of carbonyl (C=O) groups excluding carboxylic acids is 2. The number of aryl methyl sites for hydroxylation is 1. The Morgan fingerprint density at radius 1 is 0.970 bits per heavy atom. The van der Waals surface area contributed by atoms with Crippen molar-refractivity contribution in [3.05, 3.63) is 90.7 Å². The summed E-state index contributed by atoms with van der Waals surface area (Å²) >= 11 is 0. The van der Waals surface area contributed by atoms with Gasteiger partial charge < -0.3 is 16.0 Å². The van der Waals surface area contributed by atoms with Gasteiger partial charge in [-0.05, 0) is 54.7 Å². The molecule has 2 amide bonds. The van der Waals surface area contributed by atoms with Crippen LogP contribution >= 0.6 is 0 Å². The van der Waals surface area contributed by atoms with E-state index in [1.807, 2.05) is 67.6 Å². The lowest BCUT2D eigenvalue weighted by Gasteiger charge is -2.20. The molecule has 1 atom stereocenters. The summed E-state index contributed by atoms with van der Waals surface area (Å²) in [6.07, 6.45) is 2.35. The summed E-state index contributed by atoms with van der Waals surface area (Å²) in [5.41, 5.74) is 4.17. The molecule has 3 N–H and O–H groups in total. The van der Waals surface area contributed by atoms with Gasteiger partial charge in [0.05, 0.1) is 0 Å². The van der Waals surface area contributed by atoms with Crippen LogP contribution in [0, 0.1) is 19.4 Å². The quantitative estimate of drug-likeness (QED) is 0.428. The third kappa shape index (κ3) is 7.45. The highest BCUT2D eigenvalue weighted by atomic mass is 16.2. The Morgan fingerprint density at radius 3 is 2.39 bits per heavy atom. The van der Waals surface area contributed by atoms with Crippen LogP contribution in [0.1, 0.15) is 36.3 Å². The first kappa shape index (κ1) is 24.0. The highest BCUT2D eigenvalue weighted by Gasteiger charge is 2.22. The predicted molar refractivity (Wildman–Crippen MR) is 132 cm³/mol. The summed E-state index contributed by atoms with van der Waals surface area (Å²) in [6.45, 7) is 8.15. The zero-order valence-corrected chi connectivity index (χ0v) is 19.3. The van der Waals surface area contributed by atoms with Gasteiger partial charge in [-0.2, -0.15) is 0 Å². The van der Waals surface area contributed by atoms with E-state index in [4.69, 9.17) is 0 Å². The van der Waals surface area contributed by atoms with Crippen LogP contribution in [-0.4, -0.2) is 29.4 Å². The van der Waals surface area contributed by atoms with Gasteiger partial charge in [0.2, 0.25) is 5.91 Å². The molecule has 0 aliphatic heterocycles. The number of nitrogens with one attached hydrogen (secondary N) is 3. The number of nitrogens with zero attached hydrogens (tertiary/aromatic N) is 1. The van der Waals surface area contributed by atoms with E-state index in [2.05, 4.69) is 34.8 Å². The molecule has 0 spiro atoms. The van der Waals surface area contributed by atoms with Crippen LogP contribution in [0.2, 0.25) is 0 Å². The number of anilines is 1. The molecule has 1 heterocycles. The molecule has 0 fully saturated rings. The maximum Gasteiger partial charge on any atom is 0.270 e. The largest absolute Gasteiger partial charge is 0.382 e.